The van der Waals surface area contributed by atoms with E-state index in [0.29, 0.717) is 0 Å². The molecular weight excluding hydrogens is 262 g/mol. The number of hydrogen-bond donors (Lipinski definition) is 1. The molecule has 0 fully saturated rings. The molecule has 0 unspecified atom stereocenters. The van der Waals surface area contributed by atoms with Gasteiger partial charge in [-0.2, -0.15) is 0 Å². The van der Waals surface area contributed by atoms with Crippen LogP contribution in [-0.2, 0) is 6.54 Å². The molecule has 0 aromatic carbocycles. The van der Waals surface area contributed by atoms with E-state index < -0.39 is 0 Å². The van der Waals surface area contributed by atoms with Crippen LogP contribution in [0.25, 0.3) is 0 Å². The van der Waals surface area contributed by atoms with Crippen LogP contribution in [0, 0.1) is 0 Å². The van der Waals surface area contributed by atoms with Gasteiger partial charge >= 0.3 is 0 Å². The highest BCUT2D eigenvalue weighted by molar-refractivity contribution is 9.10. The van der Waals surface area contributed by atoms with E-state index in [-0.39, 0.29) is 0 Å². The quantitative estimate of drug-likeness (QED) is 0.931. The third kappa shape index (κ3) is 2.30. The van der Waals surface area contributed by atoms with Crippen LogP contribution in [0.2, 0.25) is 0 Å². The molecule has 2 aromatic rings. The molecule has 2 aromatic heterocycles. The minimum Gasteiger partial charge on any atom is -0.364 e. The van der Waals surface area contributed by atoms with Crippen LogP contribution in [0.1, 0.15) is 4.88 Å². The van der Waals surface area contributed by atoms with Gasteiger partial charge in [0.05, 0.1) is 16.5 Å². The first-order chi connectivity index (χ1) is 6.86. The van der Waals surface area contributed by atoms with E-state index in [1.165, 1.54) is 4.88 Å². The molecule has 3 nitrogen and oxygen atoms in total. The third-order valence-corrected chi connectivity index (χ3v) is 3.09. The van der Waals surface area contributed by atoms with E-state index in [9.17, 15) is 0 Å². The van der Waals surface area contributed by atoms with E-state index in [2.05, 4.69) is 31.2 Å². The zero-order chi connectivity index (χ0) is 9.80. The molecule has 72 valence electrons. The Morgan fingerprint density at radius 3 is 3.14 bits per heavy atom. The van der Waals surface area contributed by atoms with Gasteiger partial charge in [0.2, 0.25) is 0 Å². The van der Waals surface area contributed by atoms with Crippen LogP contribution in [0.4, 0.5) is 5.82 Å². The largest absolute Gasteiger partial charge is 0.364 e. The lowest BCUT2D eigenvalue weighted by Crippen LogP contribution is -1.99. The summed E-state index contributed by atoms with van der Waals surface area (Å²) >= 11 is 5.05. The van der Waals surface area contributed by atoms with Gasteiger partial charge in [0, 0.05) is 17.3 Å². The predicted octanol–water partition coefficient (Wildman–Crippen LogP) is 2.91. The lowest BCUT2D eigenvalue weighted by molar-refractivity contribution is 1.12. The van der Waals surface area contributed by atoms with Crippen molar-refractivity contribution in [1.29, 1.82) is 0 Å². The van der Waals surface area contributed by atoms with Gasteiger partial charge in [-0.3, -0.25) is 4.98 Å². The molecule has 0 aliphatic heterocycles. The molecule has 0 atom stereocenters. The number of aromatic nitrogens is 2. The fourth-order valence-corrected chi connectivity index (χ4v) is 1.95. The molecule has 2 heterocycles. The first-order valence-electron chi connectivity index (χ1n) is 4.08. The number of rotatable bonds is 3. The number of nitrogens with zero attached hydrogens (tertiary/aromatic N) is 2. The zero-order valence-corrected chi connectivity index (χ0v) is 9.68. The molecule has 0 saturated carbocycles. The molecule has 0 aliphatic rings. The number of anilines is 1. The van der Waals surface area contributed by atoms with Gasteiger partial charge in [0.1, 0.15) is 5.82 Å². The maximum absolute atomic E-state index is 4.20. The summed E-state index contributed by atoms with van der Waals surface area (Å²) in [7, 11) is 0. The van der Waals surface area contributed by atoms with Crippen molar-refractivity contribution in [2.45, 2.75) is 6.54 Å². The van der Waals surface area contributed by atoms with Gasteiger partial charge in [-0.25, -0.2) is 4.98 Å². The summed E-state index contributed by atoms with van der Waals surface area (Å²) in [5, 5.41) is 3.23. The molecule has 14 heavy (non-hydrogen) atoms. The second kappa shape index (κ2) is 4.52. The Kier molecular flexibility index (Phi) is 3.10. The molecular formula is C9H8BrN3S. The average Bonchev–Trinajstić information content (AvgIpc) is 2.69. The molecule has 0 spiro atoms. The van der Waals surface area contributed by atoms with Crippen LogP contribution in [-0.4, -0.2) is 9.97 Å². The van der Waals surface area contributed by atoms with E-state index in [1.807, 2.05) is 23.8 Å². The normalized spacial score (nSPS) is 10.1. The van der Waals surface area contributed by atoms with Crippen molar-refractivity contribution in [1.82, 2.24) is 9.97 Å². The van der Waals surface area contributed by atoms with E-state index >= 15 is 0 Å². The molecule has 0 radical (unpaired) electrons. The Balaban J connectivity index is 2.02. The maximum Gasteiger partial charge on any atom is 0.140 e. The Morgan fingerprint density at radius 2 is 2.43 bits per heavy atom. The monoisotopic (exact) mass is 269 g/mol. The summed E-state index contributed by atoms with van der Waals surface area (Å²) in [6, 6.07) is 3.85. The Labute approximate surface area is 94.4 Å². The van der Waals surface area contributed by atoms with Crippen LogP contribution in [0.15, 0.2) is 34.5 Å². The lowest BCUT2D eigenvalue weighted by Gasteiger charge is -2.04. The second-order valence-electron chi connectivity index (χ2n) is 2.66. The van der Waals surface area contributed by atoms with Crippen LogP contribution >= 0.6 is 27.3 Å². The molecule has 5 heteroatoms. The van der Waals surface area contributed by atoms with Crippen molar-refractivity contribution >= 4 is 33.1 Å². The second-order valence-corrected chi connectivity index (χ2v) is 4.48. The van der Waals surface area contributed by atoms with E-state index in [1.54, 1.807) is 17.5 Å². The van der Waals surface area contributed by atoms with Crippen LogP contribution in [0.3, 0.4) is 0 Å². The van der Waals surface area contributed by atoms with Crippen molar-refractivity contribution in [2.75, 3.05) is 5.32 Å². The highest BCUT2D eigenvalue weighted by Crippen LogP contribution is 2.19. The first kappa shape index (κ1) is 9.61. The standard InChI is InChI=1S/C9H8BrN3S/c10-8-2-1-3-12-9(8)13-5-7-4-11-6-14-7/h1-4,6H,5H2,(H,12,13). The molecule has 1 N–H and O–H groups in total. The number of pyridine rings is 1. The highest BCUT2D eigenvalue weighted by Gasteiger charge is 1.99. The summed E-state index contributed by atoms with van der Waals surface area (Å²) < 4.78 is 0.976. The van der Waals surface area contributed by atoms with Gasteiger partial charge in [-0.05, 0) is 28.1 Å². The SMILES string of the molecule is Brc1cccnc1NCc1cncs1. The van der Waals surface area contributed by atoms with Crippen molar-refractivity contribution in [3.63, 3.8) is 0 Å². The van der Waals surface area contributed by atoms with Crippen molar-refractivity contribution in [2.24, 2.45) is 0 Å². The molecule has 0 amide bonds. The summed E-state index contributed by atoms with van der Waals surface area (Å²) in [6.45, 7) is 0.764. The molecule has 0 aliphatic carbocycles. The zero-order valence-electron chi connectivity index (χ0n) is 7.27. The number of thiazole rings is 1. The maximum atomic E-state index is 4.20. The summed E-state index contributed by atoms with van der Waals surface area (Å²) in [5.41, 5.74) is 1.82. The predicted molar refractivity (Wildman–Crippen MR) is 61.4 cm³/mol. The number of hydrogen-bond acceptors (Lipinski definition) is 4. The Hall–Kier alpha value is -0.940. The number of nitrogens with one attached hydrogen (secondary N) is 1. The fourth-order valence-electron chi connectivity index (χ4n) is 1.02. The lowest BCUT2D eigenvalue weighted by atomic mass is 10.4. The summed E-state index contributed by atoms with van der Waals surface area (Å²) in [4.78, 5) is 9.40. The molecule has 0 bridgehead atoms. The van der Waals surface area contributed by atoms with Crippen molar-refractivity contribution < 1.29 is 0 Å². The highest BCUT2D eigenvalue weighted by atomic mass is 79.9. The number of halogens is 1. The van der Waals surface area contributed by atoms with Gasteiger partial charge in [0.15, 0.2) is 0 Å². The minimum absolute atomic E-state index is 0.764. The minimum atomic E-state index is 0.764. The van der Waals surface area contributed by atoms with Crippen LogP contribution < -0.4 is 5.32 Å². The van der Waals surface area contributed by atoms with Crippen molar-refractivity contribution in [3.8, 4) is 0 Å². The summed E-state index contributed by atoms with van der Waals surface area (Å²) in [5.74, 6) is 0.862. The fraction of sp³-hybridized carbons (Fsp3) is 0.111. The Morgan fingerprint density at radius 1 is 1.50 bits per heavy atom. The van der Waals surface area contributed by atoms with Gasteiger partial charge in [0.25, 0.3) is 0 Å². The molecule has 0 saturated heterocycles. The smallest absolute Gasteiger partial charge is 0.140 e. The van der Waals surface area contributed by atoms with Crippen LogP contribution in [0.5, 0.6) is 0 Å². The van der Waals surface area contributed by atoms with Gasteiger partial charge < -0.3 is 5.32 Å². The average molecular weight is 270 g/mol. The molecule has 2 rings (SSSR count). The van der Waals surface area contributed by atoms with E-state index in [0.717, 1.165) is 16.8 Å². The van der Waals surface area contributed by atoms with Gasteiger partial charge in [-0.1, -0.05) is 0 Å². The first-order valence-corrected chi connectivity index (χ1v) is 5.75. The summed E-state index contributed by atoms with van der Waals surface area (Å²) in [6.07, 6.45) is 3.62. The van der Waals surface area contributed by atoms with E-state index in [4.69, 9.17) is 0 Å². The van der Waals surface area contributed by atoms with Crippen molar-refractivity contribution in [3.05, 3.63) is 39.4 Å². The topological polar surface area (TPSA) is 37.8 Å². The van der Waals surface area contributed by atoms with Gasteiger partial charge in [-0.15, -0.1) is 11.3 Å². The third-order valence-electron chi connectivity index (χ3n) is 1.67. The Bertz CT molecular complexity index is 402.